The van der Waals surface area contributed by atoms with Gasteiger partial charge in [-0.1, -0.05) is 0 Å². The van der Waals surface area contributed by atoms with Crippen LogP contribution < -0.4 is 5.32 Å². The summed E-state index contributed by atoms with van der Waals surface area (Å²) in [5.41, 5.74) is 0. The molecule has 3 nitrogen and oxygen atoms in total. The lowest BCUT2D eigenvalue weighted by atomic mass is 10.3. The van der Waals surface area contributed by atoms with Crippen molar-refractivity contribution in [2.24, 2.45) is 0 Å². The predicted octanol–water partition coefficient (Wildman–Crippen LogP) is 1.13. The summed E-state index contributed by atoms with van der Waals surface area (Å²) in [4.78, 5) is 2.24. The molecule has 2 fully saturated rings. The molecule has 1 saturated carbocycles. The average Bonchev–Trinajstić information content (AvgIpc) is 2.93. The van der Waals surface area contributed by atoms with E-state index in [1.54, 1.807) is 0 Å². The second-order valence-electron chi connectivity index (χ2n) is 4.20. The van der Waals surface area contributed by atoms with Crippen molar-refractivity contribution in [3.63, 3.8) is 0 Å². The third-order valence-corrected chi connectivity index (χ3v) is 3.02. The molecular formula is C10H18N2OS. The van der Waals surface area contributed by atoms with E-state index < -0.39 is 0 Å². The minimum atomic E-state index is 0.302. The zero-order valence-electron chi connectivity index (χ0n) is 8.66. The van der Waals surface area contributed by atoms with Crippen LogP contribution in [0, 0.1) is 0 Å². The molecule has 0 aromatic carbocycles. The van der Waals surface area contributed by atoms with Gasteiger partial charge in [0.05, 0.1) is 6.10 Å². The fourth-order valence-electron chi connectivity index (χ4n) is 1.67. The van der Waals surface area contributed by atoms with E-state index >= 15 is 0 Å². The van der Waals surface area contributed by atoms with Crippen molar-refractivity contribution in [2.45, 2.75) is 38.3 Å². The summed E-state index contributed by atoms with van der Waals surface area (Å²) in [6.45, 7) is 4.93. The van der Waals surface area contributed by atoms with Crippen LogP contribution in [0.25, 0.3) is 0 Å². The maximum atomic E-state index is 5.57. The largest absolute Gasteiger partial charge is 0.377 e. The zero-order valence-corrected chi connectivity index (χ0v) is 9.48. The maximum absolute atomic E-state index is 5.57. The average molecular weight is 214 g/mol. The summed E-state index contributed by atoms with van der Waals surface area (Å²) in [5.74, 6) is 0. The van der Waals surface area contributed by atoms with Gasteiger partial charge in [-0.3, -0.25) is 0 Å². The molecular weight excluding hydrogens is 196 g/mol. The third-order valence-electron chi connectivity index (χ3n) is 2.64. The van der Waals surface area contributed by atoms with Crippen LogP contribution in [0.2, 0.25) is 0 Å². The van der Waals surface area contributed by atoms with Crippen molar-refractivity contribution in [1.82, 2.24) is 10.2 Å². The van der Waals surface area contributed by atoms with Gasteiger partial charge in [0.2, 0.25) is 0 Å². The molecule has 2 aliphatic rings. The van der Waals surface area contributed by atoms with Gasteiger partial charge in [0.25, 0.3) is 0 Å². The monoisotopic (exact) mass is 214 g/mol. The van der Waals surface area contributed by atoms with Gasteiger partial charge in [0, 0.05) is 25.7 Å². The Hall–Kier alpha value is -0.350. The van der Waals surface area contributed by atoms with Crippen LogP contribution in [0.15, 0.2) is 0 Å². The molecule has 1 aliphatic carbocycles. The Morgan fingerprint density at radius 3 is 3.00 bits per heavy atom. The Kier molecular flexibility index (Phi) is 3.23. The van der Waals surface area contributed by atoms with Crippen molar-refractivity contribution in [3.8, 4) is 0 Å². The lowest BCUT2D eigenvalue weighted by Gasteiger charge is -2.25. The lowest BCUT2D eigenvalue weighted by Crippen LogP contribution is -2.43. The molecule has 80 valence electrons. The number of hydrogen-bond donors (Lipinski definition) is 1. The third kappa shape index (κ3) is 2.82. The molecule has 2 rings (SSSR count). The highest BCUT2D eigenvalue weighted by Gasteiger charge is 2.25. The maximum Gasteiger partial charge on any atom is 0.169 e. The summed E-state index contributed by atoms with van der Waals surface area (Å²) in [7, 11) is 0. The molecule has 14 heavy (non-hydrogen) atoms. The molecule has 0 spiro atoms. The first kappa shape index (κ1) is 10.2. The fourth-order valence-corrected chi connectivity index (χ4v) is 2.00. The molecule has 1 unspecified atom stereocenters. The quantitative estimate of drug-likeness (QED) is 0.661. The van der Waals surface area contributed by atoms with Crippen LogP contribution in [-0.4, -0.2) is 41.9 Å². The number of thiocarbonyl (C=S) groups is 1. The topological polar surface area (TPSA) is 24.5 Å². The molecule has 1 atom stereocenters. The van der Waals surface area contributed by atoms with Gasteiger partial charge >= 0.3 is 0 Å². The molecule has 0 amide bonds. The Morgan fingerprint density at radius 1 is 1.50 bits per heavy atom. The summed E-state index contributed by atoms with van der Waals surface area (Å²) >= 11 is 5.36. The molecule has 1 saturated heterocycles. The molecule has 0 aromatic rings. The van der Waals surface area contributed by atoms with Gasteiger partial charge in [-0.25, -0.2) is 0 Å². The van der Waals surface area contributed by atoms with Crippen molar-refractivity contribution < 1.29 is 4.74 Å². The zero-order chi connectivity index (χ0) is 9.97. The summed E-state index contributed by atoms with van der Waals surface area (Å²) in [6.07, 6.45) is 3.94. The molecule has 1 aliphatic heterocycles. The number of ether oxygens (including phenoxy) is 1. The first-order valence-corrected chi connectivity index (χ1v) is 5.83. The molecule has 1 N–H and O–H groups in total. The highest BCUT2D eigenvalue weighted by Crippen LogP contribution is 2.19. The minimum Gasteiger partial charge on any atom is -0.377 e. The van der Waals surface area contributed by atoms with Gasteiger partial charge in [-0.05, 0) is 38.4 Å². The van der Waals surface area contributed by atoms with E-state index in [0.717, 1.165) is 31.2 Å². The van der Waals surface area contributed by atoms with Gasteiger partial charge in [-0.15, -0.1) is 0 Å². The molecule has 1 heterocycles. The number of nitrogens with zero attached hydrogens (tertiary/aromatic N) is 1. The first-order valence-electron chi connectivity index (χ1n) is 5.43. The van der Waals surface area contributed by atoms with Crippen molar-refractivity contribution in [3.05, 3.63) is 0 Å². The van der Waals surface area contributed by atoms with Crippen molar-refractivity contribution >= 4 is 17.3 Å². The Morgan fingerprint density at radius 2 is 2.29 bits per heavy atom. The van der Waals surface area contributed by atoms with Crippen molar-refractivity contribution in [1.29, 1.82) is 0 Å². The normalized spacial score (nSPS) is 28.4. The highest BCUT2D eigenvalue weighted by molar-refractivity contribution is 7.80. The smallest absolute Gasteiger partial charge is 0.169 e. The fraction of sp³-hybridized carbons (Fsp3) is 0.900. The molecule has 4 heteroatoms. The summed E-state index contributed by atoms with van der Waals surface area (Å²) in [6, 6.07) is 0.655. The Bertz CT molecular complexity index is 218. The highest BCUT2D eigenvalue weighted by atomic mass is 32.1. The van der Waals surface area contributed by atoms with E-state index in [4.69, 9.17) is 17.0 Å². The molecule has 0 bridgehead atoms. The van der Waals surface area contributed by atoms with Crippen LogP contribution in [-0.2, 0) is 4.74 Å². The van der Waals surface area contributed by atoms with Crippen molar-refractivity contribution in [2.75, 3.05) is 19.7 Å². The van der Waals surface area contributed by atoms with E-state index in [1.807, 2.05) is 0 Å². The van der Waals surface area contributed by atoms with E-state index in [1.165, 1.54) is 12.8 Å². The van der Waals surface area contributed by atoms with E-state index in [-0.39, 0.29) is 0 Å². The minimum absolute atomic E-state index is 0.302. The summed E-state index contributed by atoms with van der Waals surface area (Å²) in [5, 5.41) is 4.29. The van der Waals surface area contributed by atoms with Crippen LogP contribution >= 0.6 is 12.2 Å². The van der Waals surface area contributed by atoms with Gasteiger partial charge in [-0.2, -0.15) is 0 Å². The standard InChI is InChI=1S/C10H18N2OS/c1-8-7-12(5-2-6-13-8)10(14)11-9-3-4-9/h8-9H,2-7H2,1H3,(H,11,14). The van der Waals surface area contributed by atoms with E-state index in [2.05, 4.69) is 17.1 Å². The van der Waals surface area contributed by atoms with E-state index in [9.17, 15) is 0 Å². The van der Waals surface area contributed by atoms with E-state index in [0.29, 0.717) is 12.1 Å². The number of nitrogens with one attached hydrogen (secondary N) is 1. The van der Waals surface area contributed by atoms with Crippen LogP contribution in [0.1, 0.15) is 26.2 Å². The van der Waals surface area contributed by atoms with Gasteiger partial charge < -0.3 is 15.0 Å². The van der Waals surface area contributed by atoms with Crippen LogP contribution in [0.5, 0.6) is 0 Å². The lowest BCUT2D eigenvalue weighted by molar-refractivity contribution is 0.0743. The summed E-state index contributed by atoms with van der Waals surface area (Å²) < 4.78 is 5.57. The number of hydrogen-bond acceptors (Lipinski definition) is 2. The second kappa shape index (κ2) is 4.45. The van der Waals surface area contributed by atoms with Gasteiger partial charge in [0.1, 0.15) is 0 Å². The Labute approximate surface area is 90.8 Å². The number of rotatable bonds is 1. The second-order valence-corrected chi connectivity index (χ2v) is 4.59. The van der Waals surface area contributed by atoms with Crippen LogP contribution in [0.3, 0.4) is 0 Å². The molecule has 0 aromatic heterocycles. The Balaban J connectivity index is 1.83. The van der Waals surface area contributed by atoms with Gasteiger partial charge in [0.15, 0.2) is 5.11 Å². The predicted molar refractivity (Wildman–Crippen MR) is 60.4 cm³/mol. The van der Waals surface area contributed by atoms with Crippen LogP contribution in [0.4, 0.5) is 0 Å². The first-order chi connectivity index (χ1) is 6.75. The SMILES string of the molecule is CC1CN(C(=S)NC2CC2)CCCO1. The molecule has 0 radical (unpaired) electrons.